The van der Waals surface area contributed by atoms with E-state index in [1.807, 2.05) is 24.3 Å². The number of carbonyl (C=O) groups excluding carboxylic acids is 1. The van der Waals surface area contributed by atoms with Crippen LogP contribution in [0.3, 0.4) is 0 Å². The van der Waals surface area contributed by atoms with Crippen LogP contribution >= 0.6 is 0 Å². The third-order valence-corrected chi connectivity index (χ3v) is 4.67. The van der Waals surface area contributed by atoms with E-state index < -0.39 is 0 Å². The Bertz CT molecular complexity index is 699. The molecule has 0 saturated carbocycles. The van der Waals surface area contributed by atoms with Crippen molar-refractivity contribution in [2.24, 2.45) is 11.8 Å². The van der Waals surface area contributed by atoms with Crippen LogP contribution in [0.25, 0.3) is 0 Å². The molecule has 2 N–H and O–H groups in total. The molecule has 0 spiro atoms. The van der Waals surface area contributed by atoms with Crippen molar-refractivity contribution in [3.63, 3.8) is 0 Å². The summed E-state index contributed by atoms with van der Waals surface area (Å²) in [6.45, 7) is 3.12. The van der Waals surface area contributed by atoms with Crippen LogP contribution in [0.2, 0.25) is 0 Å². The highest BCUT2D eigenvalue weighted by Gasteiger charge is 2.31. The van der Waals surface area contributed by atoms with E-state index in [1.165, 1.54) is 5.56 Å². The van der Waals surface area contributed by atoms with Crippen LogP contribution in [-0.2, 0) is 11.3 Å². The summed E-state index contributed by atoms with van der Waals surface area (Å²) in [7, 11) is 0. The number of amides is 1. The largest absolute Gasteiger partial charge is 0.492 e. The van der Waals surface area contributed by atoms with Crippen LogP contribution in [-0.4, -0.2) is 58.7 Å². The van der Waals surface area contributed by atoms with Crippen molar-refractivity contribution in [2.45, 2.75) is 13.0 Å². The highest BCUT2D eigenvalue weighted by Crippen LogP contribution is 2.24. The van der Waals surface area contributed by atoms with Crippen LogP contribution in [0.5, 0.6) is 5.75 Å². The standard InChI is InChI=1S/C20H26N4O3/c25-9-8-23-20(26)18-10-17(15-27-19-2-1-5-22-11-19)13-24(14-18)12-16-3-6-21-7-4-16/h1-7,11,17-18,25H,8-10,12-15H2,(H,23,26)/t17-,18+/m0/s1. The number of aromatic nitrogens is 2. The Hall–Kier alpha value is -2.51. The number of likely N-dealkylation sites (tertiary alicyclic amines) is 1. The first-order chi connectivity index (χ1) is 13.2. The van der Waals surface area contributed by atoms with Gasteiger partial charge in [0.2, 0.25) is 5.91 Å². The van der Waals surface area contributed by atoms with Crippen molar-refractivity contribution in [1.82, 2.24) is 20.2 Å². The zero-order valence-electron chi connectivity index (χ0n) is 15.3. The van der Waals surface area contributed by atoms with E-state index in [0.717, 1.165) is 25.3 Å². The van der Waals surface area contributed by atoms with Gasteiger partial charge in [-0.2, -0.15) is 0 Å². The zero-order valence-corrected chi connectivity index (χ0v) is 15.3. The summed E-state index contributed by atoms with van der Waals surface area (Å²) in [6.07, 6.45) is 7.75. The van der Waals surface area contributed by atoms with Crippen molar-refractivity contribution in [3.8, 4) is 5.75 Å². The fraction of sp³-hybridized carbons (Fsp3) is 0.450. The number of aliphatic hydroxyl groups is 1. The molecule has 2 aromatic heterocycles. The van der Waals surface area contributed by atoms with Crippen molar-refractivity contribution >= 4 is 5.91 Å². The summed E-state index contributed by atoms with van der Waals surface area (Å²) in [6, 6.07) is 7.72. The highest BCUT2D eigenvalue weighted by molar-refractivity contribution is 5.79. The van der Waals surface area contributed by atoms with Crippen LogP contribution in [0.1, 0.15) is 12.0 Å². The maximum atomic E-state index is 12.5. The van der Waals surface area contributed by atoms with E-state index in [4.69, 9.17) is 9.84 Å². The van der Waals surface area contributed by atoms with Gasteiger partial charge in [0.05, 0.1) is 25.3 Å². The molecule has 27 heavy (non-hydrogen) atoms. The zero-order chi connectivity index (χ0) is 18.9. The quantitative estimate of drug-likeness (QED) is 0.724. The Morgan fingerprint density at radius 3 is 2.81 bits per heavy atom. The van der Waals surface area contributed by atoms with Crippen LogP contribution in [0.4, 0.5) is 0 Å². The molecule has 1 saturated heterocycles. The van der Waals surface area contributed by atoms with E-state index in [9.17, 15) is 4.79 Å². The van der Waals surface area contributed by atoms with Gasteiger partial charge in [0.25, 0.3) is 0 Å². The second-order valence-corrected chi connectivity index (χ2v) is 6.86. The number of carbonyl (C=O) groups is 1. The number of nitrogens with one attached hydrogen (secondary N) is 1. The number of hydrogen-bond acceptors (Lipinski definition) is 6. The van der Waals surface area contributed by atoms with Gasteiger partial charge in [-0.15, -0.1) is 0 Å². The lowest BCUT2D eigenvalue weighted by atomic mass is 9.88. The molecule has 1 aliphatic heterocycles. The Balaban J connectivity index is 1.63. The first-order valence-electron chi connectivity index (χ1n) is 9.27. The van der Waals surface area contributed by atoms with Crippen molar-refractivity contribution in [2.75, 3.05) is 32.8 Å². The second-order valence-electron chi connectivity index (χ2n) is 6.86. The molecule has 0 unspecified atom stereocenters. The average molecular weight is 370 g/mol. The first-order valence-corrected chi connectivity index (χ1v) is 9.27. The lowest BCUT2D eigenvalue weighted by Crippen LogP contribution is -2.47. The predicted molar refractivity (Wildman–Crippen MR) is 101 cm³/mol. The van der Waals surface area contributed by atoms with Gasteiger partial charge in [-0.1, -0.05) is 0 Å². The van der Waals surface area contributed by atoms with Gasteiger partial charge in [0, 0.05) is 50.7 Å². The molecule has 3 rings (SSSR count). The normalized spacial score (nSPS) is 20.2. The minimum atomic E-state index is -0.116. The van der Waals surface area contributed by atoms with Gasteiger partial charge in [-0.3, -0.25) is 19.7 Å². The van der Waals surface area contributed by atoms with Gasteiger partial charge in [-0.25, -0.2) is 0 Å². The summed E-state index contributed by atoms with van der Waals surface area (Å²) in [5.41, 5.74) is 1.17. The van der Waals surface area contributed by atoms with Crippen molar-refractivity contribution < 1.29 is 14.6 Å². The van der Waals surface area contributed by atoms with Gasteiger partial charge in [0.1, 0.15) is 5.75 Å². The molecule has 1 amide bonds. The fourth-order valence-corrected chi connectivity index (χ4v) is 3.46. The van der Waals surface area contributed by atoms with E-state index in [1.54, 1.807) is 24.8 Å². The lowest BCUT2D eigenvalue weighted by Gasteiger charge is -2.37. The molecule has 2 aromatic rings. The number of ether oxygens (including phenoxy) is 1. The summed E-state index contributed by atoms with van der Waals surface area (Å²) in [4.78, 5) is 22.9. The van der Waals surface area contributed by atoms with E-state index in [-0.39, 0.29) is 30.9 Å². The topological polar surface area (TPSA) is 87.6 Å². The molecule has 144 valence electrons. The van der Waals surface area contributed by atoms with Gasteiger partial charge >= 0.3 is 0 Å². The lowest BCUT2D eigenvalue weighted by molar-refractivity contribution is -0.128. The molecule has 0 radical (unpaired) electrons. The molecular weight excluding hydrogens is 344 g/mol. The molecule has 3 heterocycles. The van der Waals surface area contributed by atoms with Crippen LogP contribution in [0.15, 0.2) is 49.1 Å². The Kier molecular flexibility index (Phi) is 7.12. The smallest absolute Gasteiger partial charge is 0.224 e. The molecule has 7 nitrogen and oxygen atoms in total. The van der Waals surface area contributed by atoms with Crippen LogP contribution < -0.4 is 10.1 Å². The number of pyridine rings is 2. The number of aliphatic hydroxyl groups excluding tert-OH is 1. The van der Waals surface area contributed by atoms with Crippen molar-refractivity contribution in [3.05, 3.63) is 54.6 Å². The molecule has 1 fully saturated rings. The second kappa shape index (κ2) is 9.99. The van der Waals surface area contributed by atoms with Gasteiger partial charge < -0.3 is 15.2 Å². The van der Waals surface area contributed by atoms with E-state index in [2.05, 4.69) is 20.2 Å². The summed E-state index contributed by atoms with van der Waals surface area (Å²) >= 11 is 0. The number of hydrogen-bond donors (Lipinski definition) is 2. The minimum absolute atomic E-state index is 0.00476. The number of nitrogens with zero attached hydrogens (tertiary/aromatic N) is 3. The Labute approximate surface area is 159 Å². The third-order valence-electron chi connectivity index (χ3n) is 4.67. The minimum Gasteiger partial charge on any atom is -0.492 e. The maximum Gasteiger partial charge on any atom is 0.224 e. The molecule has 0 aliphatic carbocycles. The maximum absolute atomic E-state index is 12.5. The van der Waals surface area contributed by atoms with E-state index >= 15 is 0 Å². The Morgan fingerprint density at radius 1 is 1.22 bits per heavy atom. The summed E-state index contributed by atoms with van der Waals surface area (Å²) < 4.78 is 5.88. The fourth-order valence-electron chi connectivity index (χ4n) is 3.46. The van der Waals surface area contributed by atoms with Gasteiger partial charge in [-0.05, 0) is 36.2 Å². The SMILES string of the molecule is O=C(NCCO)[C@@H]1C[C@H](COc2cccnc2)CN(Cc2ccncc2)C1. The monoisotopic (exact) mass is 370 g/mol. The molecule has 7 heteroatoms. The first kappa shape index (κ1) is 19.3. The third kappa shape index (κ3) is 6.01. The Morgan fingerprint density at radius 2 is 2.07 bits per heavy atom. The molecule has 2 atom stereocenters. The predicted octanol–water partition coefficient (Wildman–Crippen LogP) is 1.10. The number of rotatable bonds is 8. The summed E-state index contributed by atoms with van der Waals surface area (Å²) in [5, 5.41) is 11.8. The van der Waals surface area contributed by atoms with Gasteiger partial charge in [0.15, 0.2) is 0 Å². The highest BCUT2D eigenvalue weighted by atomic mass is 16.5. The molecular formula is C20H26N4O3. The molecule has 0 aromatic carbocycles. The summed E-state index contributed by atoms with van der Waals surface area (Å²) in [5.74, 6) is 0.861. The van der Waals surface area contributed by atoms with Crippen LogP contribution in [0, 0.1) is 11.8 Å². The molecule has 0 bridgehead atoms. The van der Waals surface area contributed by atoms with E-state index in [0.29, 0.717) is 13.2 Å². The average Bonchev–Trinajstić information content (AvgIpc) is 2.72. The molecule has 1 aliphatic rings. The van der Waals surface area contributed by atoms with Crippen molar-refractivity contribution in [1.29, 1.82) is 0 Å². The number of piperidine rings is 1.